The minimum atomic E-state index is -0.489. The first kappa shape index (κ1) is 21.1. The van der Waals surface area contributed by atoms with Gasteiger partial charge in [-0.15, -0.1) is 0 Å². The minimum Gasteiger partial charge on any atom is -0.339 e. The Bertz CT molecular complexity index is 1010. The van der Waals surface area contributed by atoms with Gasteiger partial charge in [-0.25, -0.2) is 4.39 Å². The number of rotatable bonds is 5. The number of hydrogen-bond donors (Lipinski definition) is 0. The van der Waals surface area contributed by atoms with Crippen LogP contribution in [0.5, 0.6) is 0 Å². The molecular weight excluding hydrogens is 405 g/mol. The van der Waals surface area contributed by atoms with Gasteiger partial charge in [-0.2, -0.15) is 0 Å². The maximum absolute atomic E-state index is 14.7. The molecule has 3 aliphatic rings. The van der Waals surface area contributed by atoms with Crippen molar-refractivity contribution in [3.8, 4) is 0 Å². The fourth-order valence-electron chi connectivity index (χ4n) is 5.34. The molecule has 3 heterocycles. The summed E-state index contributed by atoms with van der Waals surface area (Å²) in [5, 5.41) is 0. The third kappa shape index (κ3) is 4.04. The molecule has 0 radical (unpaired) electrons. The van der Waals surface area contributed by atoms with Gasteiger partial charge in [0.1, 0.15) is 5.82 Å². The number of hydrogen-bond acceptors (Lipinski definition) is 3. The first-order valence-corrected chi connectivity index (χ1v) is 11.8. The van der Waals surface area contributed by atoms with E-state index in [1.165, 1.54) is 18.9 Å². The van der Waals surface area contributed by atoms with E-state index in [4.69, 9.17) is 0 Å². The quantitative estimate of drug-likeness (QED) is 0.716. The first-order chi connectivity index (χ1) is 15.6. The summed E-state index contributed by atoms with van der Waals surface area (Å²) in [6.45, 7) is 4.98. The van der Waals surface area contributed by atoms with E-state index < -0.39 is 5.82 Å². The van der Waals surface area contributed by atoms with Gasteiger partial charge in [0.05, 0.1) is 11.6 Å². The predicted molar refractivity (Wildman–Crippen MR) is 121 cm³/mol. The number of carbonyl (C=O) groups excluding carboxylic acids is 2. The Hall–Kier alpha value is -2.73. The molecule has 3 aliphatic heterocycles. The number of amides is 2. The molecule has 5 rings (SSSR count). The summed E-state index contributed by atoms with van der Waals surface area (Å²) in [4.78, 5) is 32.5. The van der Waals surface area contributed by atoms with E-state index in [0.29, 0.717) is 26.1 Å². The molecule has 2 aromatic carbocycles. The van der Waals surface area contributed by atoms with Gasteiger partial charge in [-0.1, -0.05) is 24.3 Å². The maximum atomic E-state index is 14.7. The summed E-state index contributed by atoms with van der Waals surface area (Å²) >= 11 is 0. The lowest BCUT2D eigenvalue weighted by atomic mass is 9.88. The number of halogens is 1. The van der Waals surface area contributed by atoms with E-state index in [1.54, 1.807) is 17.0 Å². The molecule has 2 aromatic rings. The Morgan fingerprint density at radius 2 is 1.66 bits per heavy atom. The first-order valence-electron chi connectivity index (χ1n) is 11.8. The van der Waals surface area contributed by atoms with E-state index >= 15 is 0 Å². The second kappa shape index (κ2) is 9.02. The van der Waals surface area contributed by atoms with Gasteiger partial charge in [0.25, 0.3) is 11.8 Å². The molecule has 0 N–H and O–H groups in total. The molecule has 0 spiro atoms. The van der Waals surface area contributed by atoms with Crippen molar-refractivity contribution in [2.75, 3.05) is 39.3 Å². The van der Waals surface area contributed by atoms with Gasteiger partial charge in [0.15, 0.2) is 0 Å². The smallest absolute Gasteiger partial charge is 0.256 e. The fraction of sp³-hybridized carbons (Fsp3) is 0.462. The summed E-state index contributed by atoms with van der Waals surface area (Å²) in [7, 11) is 0. The lowest BCUT2D eigenvalue weighted by Crippen LogP contribution is -2.44. The maximum Gasteiger partial charge on any atom is 0.256 e. The summed E-state index contributed by atoms with van der Waals surface area (Å²) in [6, 6.07) is 12.4. The number of likely N-dealkylation sites (tertiary alicyclic amines) is 2. The Morgan fingerprint density at radius 1 is 0.938 bits per heavy atom. The van der Waals surface area contributed by atoms with E-state index in [2.05, 4.69) is 4.90 Å². The van der Waals surface area contributed by atoms with Gasteiger partial charge >= 0.3 is 0 Å². The van der Waals surface area contributed by atoms with Gasteiger partial charge in [0, 0.05) is 31.7 Å². The van der Waals surface area contributed by atoms with Gasteiger partial charge < -0.3 is 14.7 Å². The topological polar surface area (TPSA) is 43.9 Å². The van der Waals surface area contributed by atoms with Crippen LogP contribution in [0, 0.1) is 5.82 Å². The van der Waals surface area contributed by atoms with Crippen molar-refractivity contribution >= 4 is 11.8 Å². The molecule has 168 valence electrons. The van der Waals surface area contributed by atoms with Crippen LogP contribution < -0.4 is 0 Å². The highest BCUT2D eigenvalue weighted by atomic mass is 19.1. The highest BCUT2D eigenvalue weighted by Crippen LogP contribution is 2.34. The lowest BCUT2D eigenvalue weighted by molar-refractivity contribution is 0.0626. The van der Waals surface area contributed by atoms with Crippen molar-refractivity contribution in [3.05, 3.63) is 70.5 Å². The molecule has 0 aliphatic carbocycles. The van der Waals surface area contributed by atoms with Crippen LogP contribution >= 0.6 is 0 Å². The number of fused-ring (bicyclic) bond motifs is 1. The number of benzene rings is 2. The van der Waals surface area contributed by atoms with Crippen LogP contribution in [0.25, 0.3) is 0 Å². The highest BCUT2D eigenvalue weighted by molar-refractivity contribution is 5.97. The summed E-state index contributed by atoms with van der Waals surface area (Å²) in [6.07, 6.45) is 5.02. The summed E-state index contributed by atoms with van der Waals surface area (Å²) < 4.78 is 14.7. The predicted octanol–water partition coefficient (Wildman–Crippen LogP) is 3.90. The largest absolute Gasteiger partial charge is 0.339 e. The molecule has 2 fully saturated rings. The minimum absolute atomic E-state index is 0.0211. The Labute approximate surface area is 188 Å². The van der Waals surface area contributed by atoms with E-state index in [1.807, 2.05) is 29.2 Å². The van der Waals surface area contributed by atoms with Crippen LogP contribution in [0.1, 0.15) is 63.6 Å². The molecule has 32 heavy (non-hydrogen) atoms. The fourth-order valence-corrected chi connectivity index (χ4v) is 5.34. The van der Waals surface area contributed by atoms with Crippen LogP contribution in [-0.2, 0) is 6.42 Å². The molecule has 5 nitrogen and oxygen atoms in total. The second-order valence-electron chi connectivity index (χ2n) is 9.16. The van der Waals surface area contributed by atoms with Crippen LogP contribution in [0.15, 0.2) is 42.5 Å². The van der Waals surface area contributed by atoms with Crippen molar-refractivity contribution in [2.45, 2.75) is 38.1 Å². The second-order valence-corrected chi connectivity index (χ2v) is 9.16. The van der Waals surface area contributed by atoms with Crippen molar-refractivity contribution in [3.63, 3.8) is 0 Å². The third-order valence-electron chi connectivity index (χ3n) is 7.15. The van der Waals surface area contributed by atoms with Gasteiger partial charge in [0.2, 0.25) is 0 Å². The monoisotopic (exact) mass is 435 g/mol. The lowest BCUT2D eigenvalue weighted by Gasteiger charge is -2.38. The Morgan fingerprint density at radius 3 is 2.44 bits per heavy atom. The summed E-state index contributed by atoms with van der Waals surface area (Å²) in [5.41, 5.74) is 2.71. The molecule has 0 saturated carbocycles. The molecule has 2 amide bonds. The van der Waals surface area contributed by atoms with Crippen LogP contribution in [0.2, 0.25) is 0 Å². The van der Waals surface area contributed by atoms with Crippen LogP contribution in [0.4, 0.5) is 4.39 Å². The molecule has 0 bridgehead atoms. The standard InChI is InChI=1S/C26H30FN3O2/c27-23-10-9-20(17-22(23)25(31)29-13-5-6-14-29)24-18-19-7-1-2-8-21(19)26(32)30(24)16-15-28-11-3-4-12-28/h1-2,7-10,17,24H,3-6,11-16,18H2. The van der Waals surface area contributed by atoms with Gasteiger partial charge in [-0.05, 0) is 74.5 Å². The van der Waals surface area contributed by atoms with Crippen LogP contribution in [0.3, 0.4) is 0 Å². The molecule has 1 unspecified atom stereocenters. The van der Waals surface area contributed by atoms with E-state index in [-0.39, 0.29) is 23.4 Å². The zero-order chi connectivity index (χ0) is 22.1. The van der Waals surface area contributed by atoms with Crippen molar-refractivity contribution < 1.29 is 14.0 Å². The van der Waals surface area contributed by atoms with E-state index in [0.717, 1.165) is 49.2 Å². The Balaban J connectivity index is 1.47. The highest BCUT2D eigenvalue weighted by Gasteiger charge is 2.34. The third-order valence-corrected chi connectivity index (χ3v) is 7.15. The molecular formula is C26H30FN3O2. The van der Waals surface area contributed by atoms with Crippen molar-refractivity contribution in [1.82, 2.24) is 14.7 Å². The molecule has 2 saturated heterocycles. The molecule has 6 heteroatoms. The molecule has 0 aromatic heterocycles. The average molecular weight is 436 g/mol. The van der Waals surface area contributed by atoms with Gasteiger partial charge in [-0.3, -0.25) is 9.59 Å². The number of carbonyl (C=O) groups is 2. The zero-order valence-electron chi connectivity index (χ0n) is 18.4. The normalized spacial score (nSPS) is 21.3. The zero-order valence-corrected chi connectivity index (χ0v) is 18.4. The van der Waals surface area contributed by atoms with Crippen molar-refractivity contribution in [2.24, 2.45) is 0 Å². The van der Waals surface area contributed by atoms with E-state index in [9.17, 15) is 14.0 Å². The summed E-state index contributed by atoms with van der Waals surface area (Å²) in [5.74, 6) is -0.711. The average Bonchev–Trinajstić information content (AvgIpc) is 3.53. The van der Waals surface area contributed by atoms with Crippen molar-refractivity contribution in [1.29, 1.82) is 0 Å². The van der Waals surface area contributed by atoms with Crippen LogP contribution in [-0.4, -0.2) is 65.8 Å². The SMILES string of the molecule is O=C(c1cc(C2Cc3ccccc3C(=O)N2CCN2CCCC2)ccc1F)N1CCCC1. The Kier molecular flexibility index (Phi) is 5.96. The molecule has 1 atom stereocenters. The number of nitrogens with zero attached hydrogens (tertiary/aromatic N) is 3.